The molecule has 1 rings (SSSR count). The van der Waals surface area contributed by atoms with Gasteiger partial charge in [0.15, 0.2) is 0 Å². The molecular weight excluding hydrogens is 254 g/mol. The SMILES string of the molecule is CC(C)C(CBr)NC(=O)C1CCCCC1. The lowest BCUT2D eigenvalue weighted by atomic mass is 9.88. The molecule has 0 aromatic heterocycles. The maximum absolute atomic E-state index is 11.9. The van der Waals surface area contributed by atoms with E-state index in [0.717, 1.165) is 18.2 Å². The van der Waals surface area contributed by atoms with Gasteiger partial charge in [0.25, 0.3) is 0 Å². The first-order chi connectivity index (χ1) is 7.15. The molecule has 1 amide bonds. The Hall–Kier alpha value is -0.0500. The Morgan fingerprint density at radius 3 is 2.40 bits per heavy atom. The van der Waals surface area contributed by atoms with E-state index in [2.05, 4.69) is 35.1 Å². The first-order valence-electron chi connectivity index (χ1n) is 6.01. The van der Waals surface area contributed by atoms with Gasteiger partial charge in [-0.2, -0.15) is 0 Å². The van der Waals surface area contributed by atoms with Gasteiger partial charge < -0.3 is 5.32 Å². The highest BCUT2D eigenvalue weighted by Crippen LogP contribution is 2.24. The number of hydrogen-bond acceptors (Lipinski definition) is 1. The second-order valence-corrected chi connectivity index (χ2v) is 5.50. The van der Waals surface area contributed by atoms with Crippen molar-refractivity contribution in [1.82, 2.24) is 5.32 Å². The van der Waals surface area contributed by atoms with E-state index in [0.29, 0.717) is 5.92 Å². The van der Waals surface area contributed by atoms with Crippen LogP contribution in [-0.2, 0) is 4.79 Å². The number of carbonyl (C=O) groups is 1. The van der Waals surface area contributed by atoms with E-state index in [1.54, 1.807) is 0 Å². The Balaban J connectivity index is 2.38. The van der Waals surface area contributed by atoms with E-state index in [1.807, 2.05) is 0 Å². The molecule has 88 valence electrons. The highest BCUT2D eigenvalue weighted by atomic mass is 79.9. The van der Waals surface area contributed by atoms with Gasteiger partial charge in [-0.05, 0) is 18.8 Å². The van der Waals surface area contributed by atoms with Crippen LogP contribution >= 0.6 is 15.9 Å². The molecule has 1 saturated carbocycles. The third-order valence-corrected chi connectivity index (χ3v) is 3.97. The lowest BCUT2D eigenvalue weighted by Crippen LogP contribution is -2.43. The summed E-state index contributed by atoms with van der Waals surface area (Å²) < 4.78 is 0. The Kier molecular flexibility index (Phi) is 5.65. The van der Waals surface area contributed by atoms with Gasteiger partial charge in [0, 0.05) is 17.3 Å². The van der Waals surface area contributed by atoms with Gasteiger partial charge >= 0.3 is 0 Å². The third-order valence-electron chi connectivity index (χ3n) is 3.27. The Morgan fingerprint density at radius 1 is 1.33 bits per heavy atom. The standard InChI is InChI=1S/C12H22BrNO/c1-9(2)11(8-13)14-12(15)10-6-4-3-5-7-10/h9-11H,3-8H2,1-2H3,(H,14,15). The summed E-state index contributed by atoms with van der Waals surface area (Å²) in [6.07, 6.45) is 5.91. The van der Waals surface area contributed by atoms with E-state index in [4.69, 9.17) is 0 Å². The number of carbonyl (C=O) groups excluding carboxylic acids is 1. The molecular formula is C12H22BrNO. The molecule has 0 spiro atoms. The molecule has 0 bridgehead atoms. The molecule has 0 radical (unpaired) electrons. The summed E-state index contributed by atoms with van der Waals surface area (Å²) >= 11 is 3.45. The number of nitrogens with one attached hydrogen (secondary N) is 1. The van der Waals surface area contributed by atoms with E-state index in [1.165, 1.54) is 19.3 Å². The zero-order chi connectivity index (χ0) is 11.3. The van der Waals surface area contributed by atoms with Crippen LogP contribution in [0.1, 0.15) is 46.0 Å². The van der Waals surface area contributed by atoms with Crippen LogP contribution in [0.4, 0.5) is 0 Å². The summed E-state index contributed by atoms with van der Waals surface area (Å²) in [6, 6.07) is 0.277. The molecule has 1 N–H and O–H groups in total. The van der Waals surface area contributed by atoms with Gasteiger partial charge in [-0.3, -0.25) is 4.79 Å². The van der Waals surface area contributed by atoms with Crippen molar-refractivity contribution in [1.29, 1.82) is 0 Å². The van der Waals surface area contributed by atoms with Crippen molar-refractivity contribution in [3.63, 3.8) is 0 Å². The molecule has 3 heteroatoms. The van der Waals surface area contributed by atoms with Crippen LogP contribution in [0, 0.1) is 11.8 Å². The summed E-state index contributed by atoms with van der Waals surface area (Å²) in [5.41, 5.74) is 0. The summed E-state index contributed by atoms with van der Waals surface area (Å²) in [7, 11) is 0. The molecule has 1 atom stereocenters. The van der Waals surface area contributed by atoms with Crippen LogP contribution in [-0.4, -0.2) is 17.3 Å². The number of halogens is 1. The van der Waals surface area contributed by atoms with Gasteiger partial charge in [-0.25, -0.2) is 0 Å². The molecule has 15 heavy (non-hydrogen) atoms. The fourth-order valence-electron chi connectivity index (χ4n) is 2.05. The minimum Gasteiger partial charge on any atom is -0.352 e. The molecule has 0 heterocycles. The summed E-state index contributed by atoms with van der Waals surface area (Å²) in [6.45, 7) is 4.29. The minimum atomic E-state index is 0.271. The maximum atomic E-state index is 11.9. The van der Waals surface area contributed by atoms with Crippen molar-refractivity contribution < 1.29 is 4.79 Å². The first-order valence-corrected chi connectivity index (χ1v) is 7.13. The van der Waals surface area contributed by atoms with Crippen molar-refractivity contribution in [2.24, 2.45) is 11.8 Å². The van der Waals surface area contributed by atoms with Gasteiger partial charge in [-0.1, -0.05) is 49.0 Å². The van der Waals surface area contributed by atoms with Crippen LogP contribution in [0.15, 0.2) is 0 Å². The lowest BCUT2D eigenvalue weighted by Gasteiger charge is -2.25. The molecule has 1 unspecified atom stereocenters. The third kappa shape index (κ3) is 4.13. The van der Waals surface area contributed by atoms with Gasteiger partial charge in [-0.15, -0.1) is 0 Å². The minimum absolute atomic E-state index is 0.271. The fraction of sp³-hybridized carbons (Fsp3) is 0.917. The number of amides is 1. The Morgan fingerprint density at radius 2 is 1.93 bits per heavy atom. The summed E-state index contributed by atoms with van der Waals surface area (Å²) in [5.74, 6) is 1.05. The van der Waals surface area contributed by atoms with E-state index in [9.17, 15) is 4.79 Å². The average Bonchev–Trinajstić information content (AvgIpc) is 2.26. The van der Waals surface area contributed by atoms with Gasteiger partial charge in [0.05, 0.1) is 0 Å². The zero-order valence-corrected chi connectivity index (χ0v) is 11.3. The maximum Gasteiger partial charge on any atom is 0.223 e. The van der Waals surface area contributed by atoms with Crippen LogP contribution in [0.25, 0.3) is 0 Å². The predicted molar refractivity (Wildman–Crippen MR) is 67.1 cm³/mol. The molecule has 0 aliphatic heterocycles. The smallest absolute Gasteiger partial charge is 0.223 e. The Labute approximate surface area is 101 Å². The summed E-state index contributed by atoms with van der Waals surface area (Å²) in [4.78, 5) is 11.9. The second kappa shape index (κ2) is 6.51. The van der Waals surface area contributed by atoms with Gasteiger partial charge in [0.1, 0.15) is 0 Å². The quantitative estimate of drug-likeness (QED) is 0.785. The Bertz CT molecular complexity index is 200. The highest BCUT2D eigenvalue weighted by molar-refractivity contribution is 9.09. The number of rotatable bonds is 4. The van der Waals surface area contributed by atoms with Crippen molar-refractivity contribution in [3.05, 3.63) is 0 Å². The van der Waals surface area contributed by atoms with Crippen LogP contribution < -0.4 is 5.32 Å². The molecule has 1 fully saturated rings. The zero-order valence-electron chi connectivity index (χ0n) is 9.76. The first kappa shape index (κ1) is 13.0. The van der Waals surface area contributed by atoms with Crippen LogP contribution in [0.5, 0.6) is 0 Å². The second-order valence-electron chi connectivity index (χ2n) is 4.85. The predicted octanol–water partition coefficient (Wildman–Crippen LogP) is 3.10. The molecule has 2 nitrogen and oxygen atoms in total. The van der Waals surface area contributed by atoms with E-state index < -0.39 is 0 Å². The van der Waals surface area contributed by atoms with Crippen molar-refractivity contribution in [2.45, 2.75) is 52.0 Å². The molecule has 1 aliphatic rings. The molecule has 0 saturated heterocycles. The van der Waals surface area contributed by atoms with Gasteiger partial charge in [0.2, 0.25) is 5.91 Å². The fourth-order valence-corrected chi connectivity index (χ4v) is 2.96. The van der Waals surface area contributed by atoms with E-state index in [-0.39, 0.29) is 17.9 Å². The topological polar surface area (TPSA) is 29.1 Å². The van der Waals surface area contributed by atoms with Crippen molar-refractivity contribution in [2.75, 3.05) is 5.33 Å². The number of alkyl halides is 1. The molecule has 0 aromatic carbocycles. The van der Waals surface area contributed by atoms with Crippen molar-refractivity contribution in [3.8, 4) is 0 Å². The van der Waals surface area contributed by atoms with E-state index >= 15 is 0 Å². The average molecular weight is 276 g/mol. The largest absolute Gasteiger partial charge is 0.352 e. The number of hydrogen-bond donors (Lipinski definition) is 1. The van der Waals surface area contributed by atoms with Crippen LogP contribution in [0.2, 0.25) is 0 Å². The normalized spacial score (nSPS) is 20.3. The highest BCUT2D eigenvalue weighted by Gasteiger charge is 2.23. The lowest BCUT2D eigenvalue weighted by molar-refractivity contribution is -0.126. The molecule has 1 aliphatic carbocycles. The molecule has 0 aromatic rings. The van der Waals surface area contributed by atoms with Crippen LogP contribution in [0.3, 0.4) is 0 Å². The monoisotopic (exact) mass is 275 g/mol. The van der Waals surface area contributed by atoms with Crippen molar-refractivity contribution >= 4 is 21.8 Å². The summed E-state index contributed by atoms with van der Waals surface area (Å²) in [5, 5.41) is 4.00.